The van der Waals surface area contributed by atoms with Crippen molar-refractivity contribution in [2.45, 2.75) is 63.6 Å². The quantitative estimate of drug-likeness (QED) is 0.197. The molecule has 0 heterocycles. The maximum Gasteiger partial charge on any atom is 0.338 e. The van der Waals surface area contributed by atoms with Gasteiger partial charge in [0.05, 0.1) is 21.0 Å². The van der Waals surface area contributed by atoms with E-state index in [9.17, 15) is 29.8 Å². The Balaban J connectivity index is 1.54. The number of nitro benzene ring substituents is 2. The molecule has 0 aliphatic heterocycles. The second kappa shape index (κ2) is 13.5. The Hall–Kier alpha value is -4.60. The van der Waals surface area contributed by atoms with Gasteiger partial charge in [-0.1, -0.05) is 24.3 Å². The molecular formula is C30H30N2O8. The third kappa shape index (κ3) is 7.72. The van der Waals surface area contributed by atoms with E-state index >= 15 is 0 Å². The van der Waals surface area contributed by atoms with Crippen molar-refractivity contribution in [3.8, 4) is 0 Å². The maximum atomic E-state index is 13.1. The van der Waals surface area contributed by atoms with Crippen molar-refractivity contribution in [1.82, 2.24) is 0 Å². The van der Waals surface area contributed by atoms with Crippen LogP contribution in [-0.4, -0.2) is 34.0 Å². The lowest BCUT2D eigenvalue weighted by Gasteiger charge is -2.27. The first kappa shape index (κ1) is 28.4. The summed E-state index contributed by atoms with van der Waals surface area (Å²) in [6.45, 7) is 0. The van der Waals surface area contributed by atoms with Gasteiger partial charge in [-0.2, -0.15) is 0 Å². The fraction of sp³-hybridized carbons (Fsp3) is 0.333. The summed E-state index contributed by atoms with van der Waals surface area (Å²) in [5.41, 5.74) is 2.48. The smallest absolute Gasteiger partial charge is 0.338 e. The zero-order valence-corrected chi connectivity index (χ0v) is 21.9. The first-order chi connectivity index (χ1) is 19.3. The molecule has 0 radical (unpaired) electrons. The molecule has 208 valence electrons. The van der Waals surface area contributed by atoms with Crippen LogP contribution in [0.3, 0.4) is 0 Å². The minimum Gasteiger partial charge on any atom is -0.455 e. The molecule has 0 fully saturated rings. The molecule has 2 aliphatic carbocycles. The molecule has 0 saturated heterocycles. The zero-order chi connectivity index (χ0) is 28.5. The number of nitro groups is 2. The molecule has 40 heavy (non-hydrogen) atoms. The first-order valence-electron chi connectivity index (χ1n) is 13.3. The van der Waals surface area contributed by atoms with E-state index in [2.05, 4.69) is 24.3 Å². The molecule has 0 N–H and O–H groups in total. The number of esters is 2. The molecule has 5 rings (SSSR count). The van der Waals surface area contributed by atoms with Crippen LogP contribution in [0.4, 0.5) is 11.4 Å². The number of fused-ring (bicyclic) bond motifs is 11. The predicted octanol–water partition coefficient (Wildman–Crippen LogP) is 6.39. The van der Waals surface area contributed by atoms with E-state index in [1.807, 2.05) is 0 Å². The number of non-ortho nitro benzene ring substituents is 2. The molecule has 0 aromatic heterocycles. The zero-order valence-electron chi connectivity index (χ0n) is 21.9. The van der Waals surface area contributed by atoms with Crippen LogP contribution in [0.25, 0.3) is 0 Å². The third-order valence-electron chi connectivity index (χ3n) is 6.99. The Morgan fingerprint density at radius 3 is 1.25 bits per heavy atom. The van der Waals surface area contributed by atoms with E-state index < -0.39 is 34.0 Å². The topological polar surface area (TPSA) is 139 Å². The standard InChI is InChI=1S/C30H30N2O8/c33-29(23-13-17-25(18-14-23)31(35)36)39-27-7-3-1-5-21-9-11-22(12-10-21)6-2-4-8-28(27)40-30(34)24-15-19-26(20-16-24)32(37)38/h9-20,27-28H,1-8H2. The van der Waals surface area contributed by atoms with Crippen molar-refractivity contribution < 1.29 is 28.9 Å². The molecule has 0 amide bonds. The average molecular weight is 547 g/mol. The highest BCUT2D eigenvalue weighted by Gasteiger charge is 2.30. The Morgan fingerprint density at radius 1 is 0.575 bits per heavy atom. The van der Waals surface area contributed by atoms with Gasteiger partial charge in [-0.25, -0.2) is 9.59 Å². The molecular weight excluding hydrogens is 516 g/mol. The fourth-order valence-corrected chi connectivity index (χ4v) is 4.71. The second-order valence-corrected chi connectivity index (χ2v) is 9.80. The first-order valence-corrected chi connectivity index (χ1v) is 13.3. The number of benzene rings is 3. The number of ether oxygens (including phenoxy) is 2. The van der Waals surface area contributed by atoms with Crippen molar-refractivity contribution in [3.05, 3.63) is 115 Å². The minimum absolute atomic E-state index is 0.141. The van der Waals surface area contributed by atoms with Crippen LogP contribution in [0.15, 0.2) is 72.8 Å². The number of carbonyl (C=O) groups excluding carboxylic acids is 2. The van der Waals surface area contributed by atoms with Crippen LogP contribution < -0.4 is 0 Å². The van der Waals surface area contributed by atoms with E-state index in [0.717, 1.165) is 25.7 Å². The number of hydrogen-bond donors (Lipinski definition) is 0. The lowest BCUT2D eigenvalue weighted by molar-refractivity contribution is -0.385. The molecule has 2 bridgehead atoms. The lowest BCUT2D eigenvalue weighted by atomic mass is 9.96. The Kier molecular flexibility index (Phi) is 9.56. The van der Waals surface area contributed by atoms with Crippen LogP contribution in [0.5, 0.6) is 0 Å². The van der Waals surface area contributed by atoms with Gasteiger partial charge in [0, 0.05) is 24.3 Å². The number of hydrogen-bond acceptors (Lipinski definition) is 8. The van der Waals surface area contributed by atoms with E-state index in [-0.39, 0.29) is 22.5 Å². The number of nitrogens with zero attached hydrogens (tertiary/aromatic N) is 2. The Bertz CT molecular complexity index is 1230. The average Bonchev–Trinajstić information content (AvgIpc) is 2.96. The summed E-state index contributed by atoms with van der Waals surface area (Å²) in [6, 6.07) is 18.9. The van der Waals surface area contributed by atoms with E-state index in [4.69, 9.17) is 9.47 Å². The predicted molar refractivity (Wildman–Crippen MR) is 146 cm³/mol. The van der Waals surface area contributed by atoms with E-state index in [0.29, 0.717) is 25.7 Å². The minimum atomic E-state index is -0.742. The van der Waals surface area contributed by atoms with Crippen LogP contribution in [0.1, 0.15) is 70.4 Å². The summed E-state index contributed by atoms with van der Waals surface area (Å²) in [6.07, 6.45) is 4.25. The van der Waals surface area contributed by atoms with Gasteiger partial charge in [0.1, 0.15) is 12.2 Å². The third-order valence-corrected chi connectivity index (χ3v) is 6.99. The van der Waals surface area contributed by atoms with Crippen LogP contribution >= 0.6 is 0 Å². The number of carbonyl (C=O) groups is 2. The van der Waals surface area contributed by atoms with Gasteiger partial charge >= 0.3 is 11.9 Å². The van der Waals surface area contributed by atoms with Crippen LogP contribution in [0, 0.1) is 20.2 Å². The van der Waals surface area contributed by atoms with Gasteiger partial charge in [-0.3, -0.25) is 20.2 Å². The Morgan fingerprint density at radius 2 is 0.925 bits per heavy atom. The van der Waals surface area contributed by atoms with Crippen LogP contribution in [0.2, 0.25) is 0 Å². The molecule has 10 heteroatoms. The van der Waals surface area contributed by atoms with Gasteiger partial charge in [-0.15, -0.1) is 0 Å². The molecule has 2 unspecified atom stereocenters. The molecule has 10 nitrogen and oxygen atoms in total. The summed E-state index contributed by atoms with van der Waals surface area (Å²) in [7, 11) is 0. The van der Waals surface area contributed by atoms with Crippen molar-refractivity contribution in [2.75, 3.05) is 0 Å². The van der Waals surface area contributed by atoms with Crippen LogP contribution in [-0.2, 0) is 22.3 Å². The lowest BCUT2D eigenvalue weighted by Crippen LogP contribution is -2.35. The molecule has 0 saturated carbocycles. The van der Waals surface area contributed by atoms with Crippen molar-refractivity contribution in [3.63, 3.8) is 0 Å². The normalized spacial score (nSPS) is 17.8. The number of aryl methyl sites for hydroxylation is 2. The second-order valence-electron chi connectivity index (χ2n) is 9.80. The monoisotopic (exact) mass is 546 g/mol. The molecule has 3 aromatic carbocycles. The van der Waals surface area contributed by atoms with Gasteiger partial charge < -0.3 is 9.47 Å². The number of rotatable bonds is 6. The summed E-state index contributed by atoms with van der Waals surface area (Å²) < 4.78 is 11.8. The molecule has 0 spiro atoms. The van der Waals surface area contributed by atoms with Gasteiger partial charge in [-0.05, 0) is 86.8 Å². The highest BCUT2D eigenvalue weighted by atomic mass is 16.6. The Labute approximate surface area is 231 Å². The summed E-state index contributed by atoms with van der Waals surface area (Å²) in [5.74, 6) is -1.32. The highest BCUT2D eigenvalue weighted by Crippen LogP contribution is 2.24. The van der Waals surface area contributed by atoms with E-state index in [1.54, 1.807) is 0 Å². The molecule has 2 atom stereocenters. The molecule has 2 aliphatic rings. The van der Waals surface area contributed by atoms with E-state index in [1.165, 1.54) is 59.7 Å². The van der Waals surface area contributed by atoms with Gasteiger partial charge in [0.2, 0.25) is 0 Å². The summed E-state index contributed by atoms with van der Waals surface area (Å²) in [4.78, 5) is 47.0. The van der Waals surface area contributed by atoms with Crippen molar-refractivity contribution in [2.24, 2.45) is 0 Å². The SMILES string of the molecule is O=C(OC1CCCCc2ccc(cc2)CCCCC1OC(=O)c1ccc([N+](=O)[O-])cc1)c1ccc([N+](=O)[O-])cc1. The fourth-order valence-electron chi connectivity index (χ4n) is 4.71. The molecule has 3 aromatic rings. The maximum absolute atomic E-state index is 13.1. The highest BCUT2D eigenvalue weighted by molar-refractivity contribution is 5.90. The van der Waals surface area contributed by atoms with Gasteiger partial charge in [0.25, 0.3) is 11.4 Å². The summed E-state index contributed by atoms with van der Waals surface area (Å²) >= 11 is 0. The van der Waals surface area contributed by atoms with Crippen molar-refractivity contribution >= 4 is 23.3 Å². The van der Waals surface area contributed by atoms with Gasteiger partial charge in [0.15, 0.2) is 0 Å². The largest absolute Gasteiger partial charge is 0.455 e. The summed E-state index contributed by atoms with van der Waals surface area (Å²) in [5, 5.41) is 22.0. The van der Waals surface area contributed by atoms with Crippen molar-refractivity contribution in [1.29, 1.82) is 0 Å².